The van der Waals surface area contributed by atoms with Crippen molar-refractivity contribution in [2.45, 2.75) is 26.0 Å². The number of hydrogen-bond acceptors (Lipinski definition) is 2. The van der Waals surface area contributed by atoms with Gasteiger partial charge in [0.25, 0.3) is 0 Å². The summed E-state index contributed by atoms with van der Waals surface area (Å²) in [5, 5.41) is 15.3. The molecule has 0 spiro atoms. The van der Waals surface area contributed by atoms with Crippen LogP contribution in [0.3, 0.4) is 0 Å². The lowest BCUT2D eigenvalue weighted by Crippen LogP contribution is -2.37. The summed E-state index contributed by atoms with van der Waals surface area (Å²) in [7, 11) is 0. The van der Waals surface area contributed by atoms with Crippen molar-refractivity contribution < 1.29 is 14.3 Å². The Labute approximate surface area is 135 Å². The third kappa shape index (κ3) is 5.07. The van der Waals surface area contributed by atoms with Gasteiger partial charge in [-0.05, 0) is 35.2 Å². The highest BCUT2D eigenvalue weighted by Gasteiger charge is 2.10. The minimum absolute atomic E-state index is 0.0624. The molecule has 0 aromatic heterocycles. The van der Waals surface area contributed by atoms with Gasteiger partial charge in [0.15, 0.2) is 0 Å². The number of hydrogen-bond donors (Lipinski definition) is 3. The number of aliphatic hydroxyl groups is 1. The van der Waals surface area contributed by atoms with Crippen molar-refractivity contribution >= 4 is 6.03 Å². The van der Waals surface area contributed by atoms with E-state index in [0.717, 1.165) is 12.0 Å². The quantitative estimate of drug-likeness (QED) is 0.767. The van der Waals surface area contributed by atoms with Gasteiger partial charge >= 0.3 is 6.03 Å². The van der Waals surface area contributed by atoms with Crippen LogP contribution in [0.2, 0.25) is 0 Å². The molecule has 2 aromatic carbocycles. The molecule has 2 amide bonds. The summed E-state index contributed by atoms with van der Waals surface area (Å²) < 4.78 is 12.8. The van der Waals surface area contributed by atoms with Gasteiger partial charge < -0.3 is 15.7 Å². The number of carbonyl (C=O) groups excluding carboxylic acids is 1. The zero-order chi connectivity index (χ0) is 16.7. The summed E-state index contributed by atoms with van der Waals surface area (Å²) >= 11 is 0. The number of urea groups is 1. The first-order chi connectivity index (χ1) is 11.1. The number of aliphatic hydroxyl groups excluding tert-OH is 1. The van der Waals surface area contributed by atoms with E-state index in [1.165, 1.54) is 29.8 Å². The van der Waals surface area contributed by atoms with Crippen molar-refractivity contribution in [1.82, 2.24) is 10.6 Å². The molecule has 0 aliphatic rings. The van der Waals surface area contributed by atoms with Crippen molar-refractivity contribution in [3.63, 3.8) is 0 Å². The molecule has 0 radical (unpaired) electrons. The molecule has 4 nitrogen and oxygen atoms in total. The van der Waals surface area contributed by atoms with Crippen LogP contribution in [0.4, 0.5) is 9.18 Å². The molecule has 2 rings (SSSR count). The molecule has 0 fully saturated rings. The highest BCUT2D eigenvalue weighted by atomic mass is 19.1. The number of nitrogens with one attached hydrogen (secondary N) is 2. The molecule has 0 heterocycles. The smallest absolute Gasteiger partial charge is 0.315 e. The van der Waals surface area contributed by atoms with E-state index in [1.54, 1.807) is 0 Å². The van der Waals surface area contributed by atoms with Crippen LogP contribution < -0.4 is 10.6 Å². The molecule has 1 unspecified atom stereocenters. The first-order valence-corrected chi connectivity index (χ1v) is 7.62. The molecule has 1 atom stereocenters. The van der Waals surface area contributed by atoms with Crippen LogP contribution in [0.1, 0.15) is 29.7 Å². The Morgan fingerprint density at radius 3 is 2.39 bits per heavy atom. The monoisotopic (exact) mass is 316 g/mol. The number of rotatable bonds is 6. The lowest BCUT2D eigenvalue weighted by molar-refractivity contribution is 0.173. The van der Waals surface area contributed by atoms with Crippen molar-refractivity contribution in [3.05, 3.63) is 71.0 Å². The molecular formula is C18H21FN2O2. The van der Waals surface area contributed by atoms with Crippen LogP contribution in [-0.2, 0) is 13.0 Å². The first kappa shape index (κ1) is 17.0. The summed E-state index contributed by atoms with van der Waals surface area (Å²) in [6.07, 6.45) is 0.0345. The predicted octanol–water partition coefficient (Wildman–Crippen LogP) is 2.92. The third-order valence-corrected chi connectivity index (χ3v) is 3.65. The van der Waals surface area contributed by atoms with E-state index in [4.69, 9.17) is 0 Å². The van der Waals surface area contributed by atoms with Gasteiger partial charge in [0, 0.05) is 13.1 Å². The number of benzene rings is 2. The zero-order valence-corrected chi connectivity index (χ0v) is 13.1. The molecule has 0 aliphatic heterocycles. The molecule has 23 heavy (non-hydrogen) atoms. The number of amides is 2. The second-order valence-corrected chi connectivity index (χ2v) is 5.25. The van der Waals surface area contributed by atoms with E-state index in [9.17, 15) is 14.3 Å². The van der Waals surface area contributed by atoms with Crippen molar-refractivity contribution in [3.8, 4) is 0 Å². The molecule has 0 saturated carbocycles. The Bertz CT molecular complexity index is 644. The first-order valence-electron chi connectivity index (χ1n) is 7.62. The van der Waals surface area contributed by atoms with Crippen LogP contribution in [0.15, 0.2) is 48.5 Å². The maximum atomic E-state index is 12.8. The maximum absolute atomic E-state index is 12.8. The van der Waals surface area contributed by atoms with Gasteiger partial charge in [-0.3, -0.25) is 0 Å². The molecule has 0 bridgehead atoms. The van der Waals surface area contributed by atoms with Crippen molar-refractivity contribution in [2.24, 2.45) is 0 Å². The van der Waals surface area contributed by atoms with E-state index in [1.807, 2.05) is 24.3 Å². The van der Waals surface area contributed by atoms with Gasteiger partial charge in [-0.1, -0.05) is 43.3 Å². The Morgan fingerprint density at radius 1 is 1.09 bits per heavy atom. The molecule has 3 N–H and O–H groups in total. The van der Waals surface area contributed by atoms with Crippen LogP contribution in [-0.4, -0.2) is 17.7 Å². The Balaban J connectivity index is 1.80. The second kappa shape index (κ2) is 8.29. The Hall–Kier alpha value is -2.40. The van der Waals surface area contributed by atoms with Crippen LogP contribution in [0.5, 0.6) is 0 Å². The minimum atomic E-state index is -0.871. The molecule has 122 valence electrons. The topological polar surface area (TPSA) is 61.4 Å². The van der Waals surface area contributed by atoms with Gasteiger partial charge in [0.1, 0.15) is 5.82 Å². The molecule has 5 heteroatoms. The fourth-order valence-electron chi connectivity index (χ4n) is 2.31. The maximum Gasteiger partial charge on any atom is 0.315 e. The average molecular weight is 316 g/mol. The molecule has 0 saturated heterocycles. The SMILES string of the molecule is CCc1ccccc1CNC(=O)NCC(O)c1ccc(F)cc1. The predicted molar refractivity (Wildman–Crippen MR) is 87.4 cm³/mol. The molecular weight excluding hydrogens is 295 g/mol. The van der Waals surface area contributed by atoms with Crippen LogP contribution >= 0.6 is 0 Å². The van der Waals surface area contributed by atoms with Crippen LogP contribution in [0, 0.1) is 5.82 Å². The highest BCUT2D eigenvalue weighted by Crippen LogP contribution is 2.12. The summed E-state index contributed by atoms with van der Waals surface area (Å²) in [4.78, 5) is 11.8. The normalized spacial score (nSPS) is 11.8. The lowest BCUT2D eigenvalue weighted by atomic mass is 10.1. The Morgan fingerprint density at radius 2 is 1.74 bits per heavy atom. The van der Waals surface area contributed by atoms with E-state index in [-0.39, 0.29) is 18.4 Å². The zero-order valence-electron chi connectivity index (χ0n) is 13.1. The fourth-order valence-corrected chi connectivity index (χ4v) is 2.31. The molecule has 0 aliphatic carbocycles. The summed E-state index contributed by atoms with van der Waals surface area (Å²) in [6, 6.07) is 13.1. The standard InChI is InChI=1S/C18H21FN2O2/c1-2-13-5-3-4-6-15(13)11-20-18(23)21-12-17(22)14-7-9-16(19)10-8-14/h3-10,17,22H,2,11-12H2,1H3,(H2,20,21,23). The van der Waals surface area contributed by atoms with Crippen molar-refractivity contribution in [2.75, 3.05) is 6.54 Å². The molecule has 2 aromatic rings. The summed E-state index contributed by atoms with van der Waals surface area (Å²) in [6.45, 7) is 2.56. The largest absolute Gasteiger partial charge is 0.387 e. The number of carbonyl (C=O) groups is 1. The average Bonchev–Trinajstić information content (AvgIpc) is 2.58. The second-order valence-electron chi connectivity index (χ2n) is 5.25. The van der Waals surface area contributed by atoms with Gasteiger partial charge in [0.2, 0.25) is 0 Å². The van der Waals surface area contributed by atoms with Crippen LogP contribution in [0.25, 0.3) is 0 Å². The number of aryl methyl sites for hydroxylation is 1. The Kier molecular flexibility index (Phi) is 6.11. The van der Waals surface area contributed by atoms with Gasteiger partial charge in [-0.25, -0.2) is 9.18 Å². The minimum Gasteiger partial charge on any atom is -0.387 e. The van der Waals surface area contributed by atoms with Gasteiger partial charge in [-0.2, -0.15) is 0 Å². The fraction of sp³-hybridized carbons (Fsp3) is 0.278. The third-order valence-electron chi connectivity index (χ3n) is 3.65. The number of halogens is 1. The van der Waals surface area contributed by atoms with Crippen molar-refractivity contribution in [1.29, 1.82) is 0 Å². The summed E-state index contributed by atoms with van der Waals surface area (Å²) in [5.41, 5.74) is 2.83. The van der Waals surface area contributed by atoms with E-state index < -0.39 is 6.10 Å². The van der Waals surface area contributed by atoms with E-state index in [2.05, 4.69) is 17.6 Å². The van der Waals surface area contributed by atoms with Gasteiger partial charge in [-0.15, -0.1) is 0 Å². The lowest BCUT2D eigenvalue weighted by Gasteiger charge is -2.14. The highest BCUT2D eigenvalue weighted by molar-refractivity contribution is 5.73. The van der Waals surface area contributed by atoms with E-state index in [0.29, 0.717) is 12.1 Å². The van der Waals surface area contributed by atoms with E-state index >= 15 is 0 Å². The summed E-state index contributed by atoms with van der Waals surface area (Å²) in [5.74, 6) is -0.360. The van der Waals surface area contributed by atoms with Gasteiger partial charge in [0.05, 0.1) is 6.10 Å².